The second-order valence-corrected chi connectivity index (χ2v) is 6.28. The molecule has 0 fully saturated rings. The summed E-state index contributed by atoms with van der Waals surface area (Å²) in [6.07, 6.45) is 5.86. The minimum absolute atomic E-state index is 0.0751. The predicted molar refractivity (Wildman–Crippen MR) is 107 cm³/mol. The lowest BCUT2D eigenvalue weighted by atomic mass is 10.1. The van der Waals surface area contributed by atoms with Crippen molar-refractivity contribution >= 4 is 33.9 Å². The Morgan fingerprint density at radius 3 is 2.75 bits per heavy atom. The summed E-state index contributed by atoms with van der Waals surface area (Å²) in [5.41, 5.74) is 0.728. The molecule has 2 aromatic rings. The van der Waals surface area contributed by atoms with E-state index >= 15 is 0 Å². The number of benzene rings is 1. The Bertz CT molecular complexity index is 980. The monoisotopic (exact) mass is 441 g/mol. The topological polar surface area (TPSA) is 101 Å². The van der Waals surface area contributed by atoms with Crippen molar-refractivity contribution in [1.82, 2.24) is 10.3 Å². The first kappa shape index (κ1) is 20.9. The molecular weight excluding hydrogens is 426 g/mol. The number of carbonyl (C=O) groups excluding carboxylic acids is 2. The van der Waals surface area contributed by atoms with Crippen LogP contribution in [0, 0.1) is 11.3 Å². The maximum absolute atomic E-state index is 12.3. The van der Waals surface area contributed by atoms with Crippen LogP contribution in [0.4, 0.5) is 0 Å². The molecule has 0 bridgehead atoms. The number of halogens is 1. The van der Waals surface area contributed by atoms with Crippen LogP contribution in [0.5, 0.6) is 11.5 Å². The quantitative estimate of drug-likeness (QED) is 0.232. The van der Waals surface area contributed by atoms with E-state index in [2.05, 4.69) is 32.8 Å². The Labute approximate surface area is 170 Å². The van der Waals surface area contributed by atoms with Gasteiger partial charge in [0.2, 0.25) is 0 Å². The highest BCUT2D eigenvalue weighted by Gasteiger charge is 2.14. The molecule has 1 aromatic heterocycles. The zero-order valence-electron chi connectivity index (χ0n) is 14.9. The van der Waals surface area contributed by atoms with Crippen molar-refractivity contribution in [3.8, 4) is 17.6 Å². The van der Waals surface area contributed by atoms with E-state index in [0.717, 1.165) is 0 Å². The summed E-state index contributed by atoms with van der Waals surface area (Å²) in [4.78, 5) is 28.1. The molecule has 1 amide bonds. The molecule has 8 heteroatoms. The number of nitrogens with one attached hydrogen (secondary N) is 1. The summed E-state index contributed by atoms with van der Waals surface area (Å²) in [5.74, 6) is -0.649. The zero-order chi connectivity index (χ0) is 20.5. The molecular formula is C20H16BrN3O4. The number of ether oxygens (including phenoxy) is 2. The summed E-state index contributed by atoms with van der Waals surface area (Å²) in [5, 5.41) is 11.7. The average Bonchev–Trinajstić information content (AvgIpc) is 2.70. The molecule has 0 unspecified atom stereocenters. The van der Waals surface area contributed by atoms with Crippen molar-refractivity contribution in [2.75, 3.05) is 13.7 Å². The van der Waals surface area contributed by atoms with Gasteiger partial charge in [-0.15, -0.1) is 6.58 Å². The number of nitrogens with zero attached hydrogens (tertiary/aromatic N) is 2. The van der Waals surface area contributed by atoms with Crippen molar-refractivity contribution in [3.63, 3.8) is 0 Å². The Hall–Kier alpha value is -3.44. The SMILES string of the molecule is C=CCNC(=O)C(C#N)=Cc1ccc(OC(=O)c2cncc(Br)c2)c(OC)c1. The number of methoxy groups -OCH3 is 1. The number of hydrogen-bond donors (Lipinski definition) is 1. The Balaban J connectivity index is 2.25. The van der Waals surface area contributed by atoms with Gasteiger partial charge in [0.25, 0.3) is 5.91 Å². The minimum Gasteiger partial charge on any atom is -0.493 e. The van der Waals surface area contributed by atoms with Crippen molar-refractivity contribution in [2.24, 2.45) is 0 Å². The van der Waals surface area contributed by atoms with Crippen LogP contribution in [-0.2, 0) is 4.79 Å². The van der Waals surface area contributed by atoms with Gasteiger partial charge in [-0.1, -0.05) is 12.1 Å². The van der Waals surface area contributed by atoms with Gasteiger partial charge in [0.15, 0.2) is 11.5 Å². The third kappa shape index (κ3) is 5.53. The van der Waals surface area contributed by atoms with Gasteiger partial charge in [-0.3, -0.25) is 9.78 Å². The number of nitriles is 1. The second-order valence-electron chi connectivity index (χ2n) is 5.36. The normalized spacial score (nSPS) is 10.5. The van der Waals surface area contributed by atoms with Gasteiger partial charge in [-0.2, -0.15) is 5.26 Å². The van der Waals surface area contributed by atoms with Crippen LogP contribution >= 0.6 is 15.9 Å². The molecule has 0 radical (unpaired) electrons. The smallest absolute Gasteiger partial charge is 0.345 e. The van der Waals surface area contributed by atoms with E-state index in [1.165, 1.54) is 31.5 Å². The number of amides is 1. The van der Waals surface area contributed by atoms with E-state index in [9.17, 15) is 14.9 Å². The standard InChI is InChI=1S/C20H16BrN3O4/c1-3-6-24-19(25)14(10-22)7-13-4-5-17(18(8-13)27-2)28-20(26)15-9-16(21)12-23-11-15/h3-5,7-9,11-12H,1,6H2,2H3,(H,24,25). The van der Waals surface area contributed by atoms with E-state index in [1.54, 1.807) is 24.4 Å². The molecule has 0 aliphatic heterocycles. The fourth-order valence-corrected chi connectivity index (χ4v) is 2.48. The summed E-state index contributed by atoms with van der Waals surface area (Å²) in [6.45, 7) is 3.75. The molecule has 0 aliphatic carbocycles. The van der Waals surface area contributed by atoms with Crippen molar-refractivity contribution in [2.45, 2.75) is 0 Å². The Morgan fingerprint density at radius 2 is 2.11 bits per heavy atom. The largest absolute Gasteiger partial charge is 0.493 e. The van der Waals surface area contributed by atoms with E-state index in [0.29, 0.717) is 10.0 Å². The van der Waals surface area contributed by atoms with Gasteiger partial charge in [-0.05, 0) is 45.8 Å². The lowest BCUT2D eigenvalue weighted by Gasteiger charge is -2.10. The van der Waals surface area contributed by atoms with Gasteiger partial charge in [-0.25, -0.2) is 4.79 Å². The first-order chi connectivity index (χ1) is 13.5. The van der Waals surface area contributed by atoms with Crippen LogP contribution in [-0.4, -0.2) is 30.5 Å². The fourth-order valence-electron chi connectivity index (χ4n) is 2.12. The van der Waals surface area contributed by atoms with Crippen LogP contribution in [0.15, 0.2) is 59.4 Å². The molecule has 0 atom stereocenters. The molecule has 0 saturated carbocycles. The van der Waals surface area contributed by atoms with Gasteiger partial charge in [0, 0.05) is 23.4 Å². The molecule has 0 aliphatic rings. The molecule has 7 nitrogen and oxygen atoms in total. The number of esters is 1. The average molecular weight is 442 g/mol. The summed E-state index contributed by atoms with van der Waals surface area (Å²) in [6, 6.07) is 8.10. The number of aromatic nitrogens is 1. The van der Waals surface area contributed by atoms with Gasteiger partial charge >= 0.3 is 5.97 Å². The van der Waals surface area contributed by atoms with Crippen LogP contribution < -0.4 is 14.8 Å². The lowest BCUT2D eigenvalue weighted by Crippen LogP contribution is -2.24. The van der Waals surface area contributed by atoms with Crippen molar-refractivity contribution < 1.29 is 19.1 Å². The van der Waals surface area contributed by atoms with Crippen LogP contribution in [0.3, 0.4) is 0 Å². The van der Waals surface area contributed by atoms with E-state index < -0.39 is 11.9 Å². The number of hydrogen-bond acceptors (Lipinski definition) is 6. The molecule has 142 valence electrons. The van der Waals surface area contributed by atoms with E-state index in [-0.39, 0.29) is 29.2 Å². The lowest BCUT2D eigenvalue weighted by molar-refractivity contribution is -0.116. The summed E-state index contributed by atoms with van der Waals surface area (Å²) < 4.78 is 11.3. The van der Waals surface area contributed by atoms with Crippen molar-refractivity contribution in [1.29, 1.82) is 5.26 Å². The van der Waals surface area contributed by atoms with Gasteiger partial charge < -0.3 is 14.8 Å². The Morgan fingerprint density at radius 1 is 1.32 bits per heavy atom. The summed E-state index contributed by atoms with van der Waals surface area (Å²) in [7, 11) is 1.42. The molecule has 2 rings (SSSR count). The number of carbonyl (C=O) groups is 2. The molecule has 28 heavy (non-hydrogen) atoms. The highest BCUT2D eigenvalue weighted by molar-refractivity contribution is 9.10. The highest BCUT2D eigenvalue weighted by Crippen LogP contribution is 2.30. The first-order valence-corrected chi connectivity index (χ1v) is 8.79. The minimum atomic E-state index is -0.600. The molecule has 1 aromatic carbocycles. The predicted octanol–water partition coefficient (Wildman–Crippen LogP) is 3.28. The van der Waals surface area contributed by atoms with E-state index in [1.807, 2.05) is 6.07 Å². The van der Waals surface area contributed by atoms with Gasteiger partial charge in [0.05, 0.1) is 12.7 Å². The third-order valence-electron chi connectivity index (χ3n) is 3.41. The van der Waals surface area contributed by atoms with Crippen molar-refractivity contribution in [3.05, 3.63) is 70.5 Å². The second kappa shape index (κ2) is 10.0. The van der Waals surface area contributed by atoms with Crippen LogP contribution in [0.25, 0.3) is 6.08 Å². The fraction of sp³-hybridized carbons (Fsp3) is 0.100. The molecule has 1 heterocycles. The third-order valence-corrected chi connectivity index (χ3v) is 3.85. The Kier molecular flexibility index (Phi) is 7.48. The van der Waals surface area contributed by atoms with E-state index in [4.69, 9.17) is 9.47 Å². The zero-order valence-corrected chi connectivity index (χ0v) is 16.5. The number of rotatable bonds is 7. The molecule has 0 saturated heterocycles. The van der Waals surface area contributed by atoms with Crippen LogP contribution in [0.1, 0.15) is 15.9 Å². The van der Waals surface area contributed by atoms with Crippen LogP contribution in [0.2, 0.25) is 0 Å². The maximum atomic E-state index is 12.3. The highest BCUT2D eigenvalue weighted by atomic mass is 79.9. The number of pyridine rings is 1. The maximum Gasteiger partial charge on any atom is 0.345 e. The summed E-state index contributed by atoms with van der Waals surface area (Å²) >= 11 is 3.24. The first-order valence-electron chi connectivity index (χ1n) is 8.00. The molecule has 1 N–H and O–H groups in total. The van der Waals surface area contributed by atoms with Gasteiger partial charge in [0.1, 0.15) is 11.6 Å². The molecule has 0 spiro atoms.